The summed E-state index contributed by atoms with van der Waals surface area (Å²) in [5.41, 5.74) is 1.22. The molecule has 1 saturated heterocycles. The highest BCUT2D eigenvalue weighted by molar-refractivity contribution is 7.17. The van der Waals surface area contributed by atoms with Crippen molar-refractivity contribution in [3.63, 3.8) is 0 Å². The lowest BCUT2D eigenvalue weighted by Crippen LogP contribution is -2.34. The number of cyclic esters (lactones) is 1. The van der Waals surface area contributed by atoms with Crippen LogP contribution in [0.4, 0.5) is 10.5 Å². The summed E-state index contributed by atoms with van der Waals surface area (Å²) in [6.07, 6.45) is 0.743. The summed E-state index contributed by atoms with van der Waals surface area (Å²) in [5.74, 6) is -0.256. The number of amides is 2. The summed E-state index contributed by atoms with van der Waals surface area (Å²) in [5, 5.41) is 2.75. The van der Waals surface area contributed by atoms with Crippen molar-refractivity contribution in [1.29, 1.82) is 0 Å². The molecule has 1 aliphatic rings. The Morgan fingerprint density at radius 3 is 2.55 bits per heavy atom. The minimum atomic E-state index is -0.479. The van der Waals surface area contributed by atoms with E-state index in [4.69, 9.17) is 16.3 Å². The maximum Gasteiger partial charge on any atom is 0.414 e. The van der Waals surface area contributed by atoms with Gasteiger partial charge in [-0.2, -0.15) is 0 Å². The van der Waals surface area contributed by atoms with Crippen LogP contribution < -0.4 is 15.8 Å². The Balaban J connectivity index is 1.39. The zero-order chi connectivity index (χ0) is 20.4. The van der Waals surface area contributed by atoms with Crippen LogP contribution in [-0.4, -0.2) is 35.8 Å². The molecule has 9 heteroatoms. The van der Waals surface area contributed by atoms with E-state index in [9.17, 15) is 14.4 Å². The molecule has 0 bridgehead atoms. The minimum absolute atomic E-state index is 0.135. The van der Waals surface area contributed by atoms with Gasteiger partial charge in [-0.25, -0.2) is 4.79 Å². The molecule has 4 rings (SSSR count). The van der Waals surface area contributed by atoms with Crippen molar-refractivity contribution in [1.82, 2.24) is 9.88 Å². The second-order valence-electron chi connectivity index (χ2n) is 6.36. The lowest BCUT2D eigenvalue weighted by Gasteiger charge is -2.14. The molecule has 1 atom stereocenters. The van der Waals surface area contributed by atoms with E-state index in [1.54, 1.807) is 54.7 Å². The van der Waals surface area contributed by atoms with Crippen LogP contribution in [0, 0.1) is 0 Å². The number of rotatable bonds is 5. The van der Waals surface area contributed by atoms with Crippen molar-refractivity contribution in [3.05, 3.63) is 80.4 Å². The van der Waals surface area contributed by atoms with E-state index < -0.39 is 12.2 Å². The molecule has 7 nitrogen and oxygen atoms in total. The molecular formula is C20H16ClN3O4S. The molecule has 0 spiro atoms. The molecule has 1 N–H and O–H groups in total. The first-order valence-electron chi connectivity index (χ1n) is 8.81. The van der Waals surface area contributed by atoms with Crippen LogP contribution in [0.25, 0.3) is 5.69 Å². The van der Waals surface area contributed by atoms with Gasteiger partial charge in [-0.15, -0.1) is 11.3 Å². The summed E-state index contributed by atoms with van der Waals surface area (Å²) < 4.78 is 7.40. The van der Waals surface area contributed by atoms with Crippen molar-refractivity contribution in [2.24, 2.45) is 0 Å². The van der Waals surface area contributed by atoms with Crippen LogP contribution in [0.2, 0.25) is 4.34 Å². The molecule has 3 aromatic rings. The number of thiophene rings is 1. The third-order valence-corrected chi connectivity index (χ3v) is 5.65. The number of anilines is 1. The molecule has 2 amide bonds. The molecule has 29 heavy (non-hydrogen) atoms. The monoisotopic (exact) mass is 429 g/mol. The predicted molar refractivity (Wildman–Crippen MR) is 111 cm³/mol. The highest BCUT2D eigenvalue weighted by Gasteiger charge is 2.32. The molecule has 0 aliphatic carbocycles. The minimum Gasteiger partial charge on any atom is -0.442 e. The van der Waals surface area contributed by atoms with E-state index in [2.05, 4.69) is 5.32 Å². The SMILES string of the molecule is O=C(NC[C@H]1CN(c2ccc(-n3ccccc3=O)cc2)C(=O)O1)c1ccc(Cl)s1. The number of nitrogens with zero attached hydrogens (tertiary/aromatic N) is 2. The molecule has 148 valence electrons. The normalized spacial score (nSPS) is 16.0. The van der Waals surface area contributed by atoms with Crippen molar-refractivity contribution in [2.45, 2.75) is 6.10 Å². The second-order valence-corrected chi connectivity index (χ2v) is 8.07. The number of nitrogens with one attached hydrogen (secondary N) is 1. The number of carbonyl (C=O) groups excluding carboxylic acids is 2. The fourth-order valence-electron chi connectivity index (χ4n) is 3.00. The smallest absolute Gasteiger partial charge is 0.414 e. The summed E-state index contributed by atoms with van der Waals surface area (Å²) in [6, 6.07) is 15.3. The van der Waals surface area contributed by atoms with Gasteiger partial charge in [0, 0.05) is 23.6 Å². The van der Waals surface area contributed by atoms with Gasteiger partial charge in [0.1, 0.15) is 6.10 Å². The Kier molecular flexibility index (Phi) is 5.37. The summed E-state index contributed by atoms with van der Waals surface area (Å²) in [7, 11) is 0. The number of ether oxygens (including phenoxy) is 1. The van der Waals surface area contributed by atoms with E-state index in [1.165, 1.54) is 26.9 Å². The van der Waals surface area contributed by atoms with Crippen LogP contribution in [0.5, 0.6) is 0 Å². The first-order valence-corrected chi connectivity index (χ1v) is 10.0. The third-order valence-electron chi connectivity index (χ3n) is 4.42. The standard InChI is InChI=1S/C20H16ClN3O4S/c21-17-9-8-16(29-17)19(26)22-11-15-12-24(20(27)28-15)14-6-4-13(5-7-14)23-10-2-1-3-18(23)25/h1-10,15H,11-12H2,(H,22,26)/t15-/m0/s1. The van der Waals surface area contributed by atoms with Crippen LogP contribution >= 0.6 is 22.9 Å². The second kappa shape index (κ2) is 8.10. The molecule has 0 radical (unpaired) electrons. The third kappa shape index (κ3) is 4.18. The van der Waals surface area contributed by atoms with Gasteiger partial charge >= 0.3 is 6.09 Å². The Morgan fingerprint density at radius 2 is 1.86 bits per heavy atom. The Labute approximate surface area is 175 Å². The van der Waals surface area contributed by atoms with Gasteiger partial charge in [-0.1, -0.05) is 17.7 Å². The average Bonchev–Trinajstić information content (AvgIpc) is 3.32. The van der Waals surface area contributed by atoms with Crippen LogP contribution in [0.3, 0.4) is 0 Å². The molecule has 0 unspecified atom stereocenters. The largest absolute Gasteiger partial charge is 0.442 e. The molecule has 1 fully saturated rings. The molecular weight excluding hydrogens is 414 g/mol. The highest BCUT2D eigenvalue weighted by atomic mass is 35.5. The number of halogens is 1. The van der Waals surface area contributed by atoms with Gasteiger partial charge in [0.05, 0.1) is 22.3 Å². The van der Waals surface area contributed by atoms with Crippen molar-refractivity contribution in [3.8, 4) is 5.69 Å². The van der Waals surface area contributed by atoms with Gasteiger partial charge in [0.25, 0.3) is 11.5 Å². The lowest BCUT2D eigenvalue weighted by atomic mass is 10.2. The van der Waals surface area contributed by atoms with Crippen molar-refractivity contribution < 1.29 is 14.3 Å². The van der Waals surface area contributed by atoms with E-state index in [-0.39, 0.29) is 18.0 Å². The predicted octanol–water partition coefficient (Wildman–Crippen LogP) is 3.31. The van der Waals surface area contributed by atoms with Crippen molar-refractivity contribution >= 4 is 40.6 Å². The maximum absolute atomic E-state index is 12.2. The van der Waals surface area contributed by atoms with E-state index in [1.807, 2.05) is 0 Å². The Morgan fingerprint density at radius 1 is 1.10 bits per heavy atom. The lowest BCUT2D eigenvalue weighted by molar-refractivity contribution is 0.0920. The number of aromatic nitrogens is 1. The van der Waals surface area contributed by atoms with E-state index >= 15 is 0 Å². The first-order chi connectivity index (χ1) is 14.0. The highest BCUT2D eigenvalue weighted by Crippen LogP contribution is 2.23. The quantitative estimate of drug-likeness (QED) is 0.674. The zero-order valence-corrected chi connectivity index (χ0v) is 16.7. The van der Waals surface area contributed by atoms with Gasteiger partial charge in [-0.3, -0.25) is 19.1 Å². The average molecular weight is 430 g/mol. The van der Waals surface area contributed by atoms with Gasteiger partial charge in [-0.05, 0) is 42.5 Å². The van der Waals surface area contributed by atoms with Gasteiger partial charge in [0.15, 0.2) is 0 Å². The fourth-order valence-corrected chi connectivity index (χ4v) is 3.96. The Bertz CT molecular complexity index is 1110. The zero-order valence-electron chi connectivity index (χ0n) is 15.1. The van der Waals surface area contributed by atoms with Crippen molar-refractivity contribution in [2.75, 3.05) is 18.0 Å². The Hall–Kier alpha value is -3.10. The number of carbonyl (C=O) groups is 2. The fraction of sp³-hybridized carbons (Fsp3) is 0.150. The molecule has 1 aliphatic heterocycles. The van der Waals surface area contributed by atoms with Crippen LogP contribution in [0.1, 0.15) is 9.67 Å². The maximum atomic E-state index is 12.2. The van der Waals surface area contributed by atoms with Gasteiger partial charge in [0.2, 0.25) is 0 Å². The van der Waals surface area contributed by atoms with Crippen LogP contribution in [0.15, 0.2) is 65.6 Å². The summed E-state index contributed by atoms with van der Waals surface area (Å²) in [6.45, 7) is 0.517. The summed E-state index contributed by atoms with van der Waals surface area (Å²) >= 11 is 7.03. The number of hydrogen-bond donors (Lipinski definition) is 1. The molecule has 1 aromatic carbocycles. The molecule has 2 aromatic heterocycles. The topological polar surface area (TPSA) is 80.6 Å². The van der Waals surface area contributed by atoms with E-state index in [0.717, 1.165) is 0 Å². The van der Waals surface area contributed by atoms with E-state index in [0.29, 0.717) is 27.1 Å². The summed E-state index contributed by atoms with van der Waals surface area (Å²) in [4.78, 5) is 38.3. The number of pyridine rings is 1. The van der Waals surface area contributed by atoms with Crippen LogP contribution in [-0.2, 0) is 4.74 Å². The molecule has 3 heterocycles. The number of hydrogen-bond acceptors (Lipinski definition) is 5. The first kappa shape index (κ1) is 19.2. The number of benzene rings is 1. The molecule has 0 saturated carbocycles. The van der Waals surface area contributed by atoms with Gasteiger partial charge < -0.3 is 10.1 Å².